The van der Waals surface area contributed by atoms with Crippen LogP contribution in [-0.2, 0) is 24.6 Å². The highest BCUT2D eigenvalue weighted by Crippen LogP contribution is 2.16. The molecule has 4 aromatic rings. The number of carbonyl (C=O) groups excluding carboxylic acids is 1. The number of rotatable bonds is 10. The van der Waals surface area contributed by atoms with Gasteiger partial charge in [-0.25, -0.2) is 0 Å². The molecule has 1 N–H and O–H groups in total. The Morgan fingerprint density at radius 2 is 1.29 bits per heavy atom. The van der Waals surface area contributed by atoms with Gasteiger partial charge in [0.1, 0.15) is 24.7 Å². The summed E-state index contributed by atoms with van der Waals surface area (Å²) in [5, 5.41) is 2.89. The predicted octanol–water partition coefficient (Wildman–Crippen LogP) is 4.96. The molecule has 34 heavy (non-hydrogen) atoms. The van der Waals surface area contributed by atoms with E-state index >= 15 is 0 Å². The molecule has 2 aromatic carbocycles. The van der Waals surface area contributed by atoms with E-state index in [0.717, 1.165) is 33.8 Å². The van der Waals surface area contributed by atoms with E-state index in [0.29, 0.717) is 19.8 Å². The number of benzene rings is 2. The molecule has 0 saturated carbocycles. The molecule has 2 heterocycles. The van der Waals surface area contributed by atoms with Crippen LogP contribution in [0, 0.1) is 0 Å². The molecule has 0 atom stereocenters. The summed E-state index contributed by atoms with van der Waals surface area (Å²) in [7, 11) is 0. The van der Waals surface area contributed by atoms with Gasteiger partial charge in [-0.3, -0.25) is 14.8 Å². The van der Waals surface area contributed by atoms with Crippen molar-refractivity contribution in [2.75, 3.05) is 0 Å². The number of nitrogens with one attached hydrogen (secondary N) is 1. The van der Waals surface area contributed by atoms with Gasteiger partial charge in [0.25, 0.3) is 0 Å². The van der Waals surface area contributed by atoms with E-state index in [4.69, 9.17) is 9.47 Å². The quantitative estimate of drug-likeness (QED) is 0.345. The minimum absolute atomic E-state index is 0.159. The van der Waals surface area contributed by atoms with Crippen LogP contribution in [0.15, 0.2) is 104 Å². The third-order valence-electron chi connectivity index (χ3n) is 4.95. The molecule has 2 aromatic heterocycles. The molecule has 0 fully saturated rings. The average molecular weight is 452 g/mol. The van der Waals surface area contributed by atoms with Crippen molar-refractivity contribution < 1.29 is 14.3 Å². The maximum Gasteiger partial charge on any atom is 0.244 e. The first-order valence-corrected chi connectivity index (χ1v) is 10.9. The number of ether oxygens (including phenoxy) is 2. The molecule has 0 aliphatic heterocycles. The molecular formula is C28H25N3O3. The molecule has 0 bridgehead atoms. The number of aromatic nitrogens is 2. The van der Waals surface area contributed by atoms with Crippen LogP contribution >= 0.6 is 0 Å². The van der Waals surface area contributed by atoms with Crippen molar-refractivity contribution >= 4 is 12.0 Å². The Hall–Kier alpha value is -4.45. The monoisotopic (exact) mass is 451 g/mol. The largest absolute Gasteiger partial charge is 0.489 e. The van der Waals surface area contributed by atoms with E-state index in [9.17, 15) is 4.79 Å². The molecular weight excluding hydrogens is 426 g/mol. The van der Waals surface area contributed by atoms with Crippen molar-refractivity contribution in [2.45, 2.75) is 19.8 Å². The van der Waals surface area contributed by atoms with Gasteiger partial charge in [0.05, 0.1) is 0 Å². The molecule has 0 aliphatic rings. The molecule has 0 spiro atoms. The summed E-state index contributed by atoms with van der Waals surface area (Å²) in [4.78, 5) is 20.3. The van der Waals surface area contributed by atoms with Crippen molar-refractivity contribution in [3.8, 4) is 11.5 Å². The number of carbonyl (C=O) groups is 1. The van der Waals surface area contributed by atoms with Crippen LogP contribution in [0.4, 0.5) is 0 Å². The van der Waals surface area contributed by atoms with Gasteiger partial charge in [-0.1, -0.05) is 36.4 Å². The summed E-state index contributed by atoms with van der Waals surface area (Å²) >= 11 is 0. The van der Waals surface area contributed by atoms with Crippen LogP contribution in [0.2, 0.25) is 0 Å². The van der Waals surface area contributed by atoms with Gasteiger partial charge in [-0.2, -0.15) is 0 Å². The van der Waals surface area contributed by atoms with Crippen LogP contribution < -0.4 is 14.8 Å². The van der Waals surface area contributed by atoms with Gasteiger partial charge in [-0.15, -0.1) is 0 Å². The SMILES string of the molecule is O=C(C=Cc1ccc(OCc2cccnc2)cc1)NCc1ccc(OCc2cccnc2)cc1. The van der Waals surface area contributed by atoms with Crippen LogP contribution in [0.25, 0.3) is 6.08 Å². The molecule has 6 heteroatoms. The Balaban J connectivity index is 1.19. The minimum Gasteiger partial charge on any atom is -0.489 e. The highest BCUT2D eigenvalue weighted by atomic mass is 16.5. The molecule has 0 aliphatic carbocycles. The third-order valence-corrected chi connectivity index (χ3v) is 4.95. The zero-order valence-electron chi connectivity index (χ0n) is 18.6. The molecule has 0 unspecified atom stereocenters. The maximum absolute atomic E-state index is 12.2. The first kappa shape index (κ1) is 22.7. The molecule has 4 rings (SSSR count). The van der Waals surface area contributed by atoms with E-state index < -0.39 is 0 Å². The fraction of sp³-hybridized carbons (Fsp3) is 0.107. The Morgan fingerprint density at radius 3 is 1.82 bits per heavy atom. The molecule has 0 radical (unpaired) electrons. The maximum atomic E-state index is 12.2. The van der Waals surface area contributed by atoms with Crippen molar-refractivity contribution in [2.24, 2.45) is 0 Å². The van der Waals surface area contributed by atoms with Crippen molar-refractivity contribution in [1.29, 1.82) is 0 Å². The van der Waals surface area contributed by atoms with Crippen LogP contribution in [0.3, 0.4) is 0 Å². The molecule has 1 amide bonds. The fourth-order valence-electron chi connectivity index (χ4n) is 3.10. The Morgan fingerprint density at radius 1 is 0.735 bits per heavy atom. The standard InChI is InChI=1S/C28H25N3O3/c32-28(14-9-22-5-10-26(11-6-22)33-20-24-3-1-15-29-17-24)31-19-23-7-12-27(13-8-23)34-21-25-4-2-16-30-18-25/h1-18H,19-21H2,(H,31,32). The summed E-state index contributed by atoms with van der Waals surface area (Å²) in [5.41, 5.74) is 3.93. The smallest absolute Gasteiger partial charge is 0.244 e. The number of pyridine rings is 2. The molecule has 6 nitrogen and oxygen atoms in total. The fourth-order valence-corrected chi connectivity index (χ4v) is 3.10. The van der Waals surface area contributed by atoms with Gasteiger partial charge in [-0.05, 0) is 53.6 Å². The van der Waals surface area contributed by atoms with Crippen LogP contribution in [0.1, 0.15) is 22.3 Å². The summed E-state index contributed by atoms with van der Waals surface area (Å²) < 4.78 is 11.5. The lowest BCUT2D eigenvalue weighted by Gasteiger charge is -2.07. The summed E-state index contributed by atoms with van der Waals surface area (Å²) in [6.45, 7) is 1.36. The van der Waals surface area contributed by atoms with Crippen molar-refractivity contribution in [3.63, 3.8) is 0 Å². The van der Waals surface area contributed by atoms with Gasteiger partial charge in [0.2, 0.25) is 5.91 Å². The summed E-state index contributed by atoms with van der Waals surface area (Å²) in [6, 6.07) is 22.9. The zero-order chi connectivity index (χ0) is 23.4. The van der Waals surface area contributed by atoms with E-state index in [1.807, 2.05) is 72.8 Å². The average Bonchev–Trinajstić information content (AvgIpc) is 2.91. The second-order valence-electron chi connectivity index (χ2n) is 7.56. The third kappa shape index (κ3) is 7.31. The van der Waals surface area contributed by atoms with Gasteiger partial charge >= 0.3 is 0 Å². The number of hydrogen-bond acceptors (Lipinski definition) is 5. The predicted molar refractivity (Wildman–Crippen MR) is 131 cm³/mol. The second-order valence-corrected chi connectivity index (χ2v) is 7.56. The Kier molecular flexibility index (Phi) is 8.00. The van der Waals surface area contributed by atoms with E-state index in [1.165, 1.54) is 6.08 Å². The first-order valence-electron chi connectivity index (χ1n) is 10.9. The first-order chi connectivity index (χ1) is 16.7. The van der Waals surface area contributed by atoms with E-state index in [1.54, 1.807) is 30.9 Å². The normalized spacial score (nSPS) is 10.7. The van der Waals surface area contributed by atoms with Gasteiger partial charge < -0.3 is 14.8 Å². The second kappa shape index (κ2) is 12.0. The molecule has 170 valence electrons. The summed E-state index contributed by atoms with van der Waals surface area (Å²) in [5.74, 6) is 1.37. The summed E-state index contributed by atoms with van der Waals surface area (Å²) in [6.07, 6.45) is 10.3. The van der Waals surface area contributed by atoms with Crippen LogP contribution in [-0.4, -0.2) is 15.9 Å². The van der Waals surface area contributed by atoms with Crippen molar-refractivity contribution in [3.05, 3.63) is 126 Å². The topological polar surface area (TPSA) is 73.3 Å². The van der Waals surface area contributed by atoms with E-state index in [-0.39, 0.29) is 5.91 Å². The number of amides is 1. The van der Waals surface area contributed by atoms with Gasteiger partial charge in [0.15, 0.2) is 0 Å². The van der Waals surface area contributed by atoms with Crippen LogP contribution in [0.5, 0.6) is 11.5 Å². The lowest BCUT2D eigenvalue weighted by Crippen LogP contribution is -2.20. The lowest BCUT2D eigenvalue weighted by molar-refractivity contribution is -0.116. The highest BCUT2D eigenvalue weighted by molar-refractivity contribution is 5.91. The number of hydrogen-bond donors (Lipinski definition) is 1. The van der Waals surface area contributed by atoms with Crippen molar-refractivity contribution in [1.82, 2.24) is 15.3 Å². The minimum atomic E-state index is -0.159. The molecule has 0 saturated heterocycles. The zero-order valence-corrected chi connectivity index (χ0v) is 18.6. The number of nitrogens with zero attached hydrogens (tertiary/aromatic N) is 2. The highest BCUT2D eigenvalue weighted by Gasteiger charge is 2.01. The lowest BCUT2D eigenvalue weighted by atomic mass is 10.2. The van der Waals surface area contributed by atoms with Gasteiger partial charge in [0, 0.05) is 48.5 Å². The Bertz CT molecular complexity index is 1190. The Labute approximate surface area is 198 Å². The van der Waals surface area contributed by atoms with E-state index in [2.05, 4.69) is 15.3 Å².